The number of hydrogen-bond donors (Lipinski definition) is 2. The molecule has 1 aliphatic heterocycles. The van der Waals surface area contributed by atoms with E-state index < -0.39 is 21.6 Å². The van der Waals surface area contributed by atoms with Gasteiger partial charge in [0, 0.05) is 18.2 Å². The number of carbonyl (C=O) groups excluding carboxylic acids is 1. The maximum absolute atomic E-state index is 13.6. The van der Waals surface area contributed by atoms with Crippen LogP contribution in [0.3, 0.4) is 0 Å². The van der Waals surface area contributed by atoms with Crippen LogP contribution >= 0.6 is 0 Å². The Balaban J connectivity index is 1.39. The summed E-state index contributed by atoms with van der Waals surface area (Å²) in [6, 6.07) is 10.8. The molecule has 1 saturated heterocycles. The lowest BCUT2D eigenvalue weighted by molar-refractivity contribution is 0.0343. The van der Waals surface area contributed by atoms with Crippen molar-refractivity contribution in [3.63, 3.8) is 0 Å². The van der Waals surface area contributed by atoms with Gasteiger partial charge in [-0.3, -0.25) is 9.78 Å². The standard InChI is InChI=1S/C24H22FN5O4S/c25-17-4-3-5-18(13-17)35(32,33)19-7-8-22-16(12-19)14-27-30(22)29-24(31)20-9-10-26-15-21(20)28-23-6-1-2-11-34-23/h3-5,7-10,12-15,23,28H,1-2,6,11H2,(H,29,31). The van der Waals surface area contributed by atoms with Crippen LogP contribution in [0.2, 0.25) is 0 Å². The monoisotopic (exact) mass is 495 g/mol. The summed E-state index contributed by atoms with van der Waals surface area (Å²) in [5.41, 5.74) is 4.11. The lowest BCUT2D eigenvalue weighted by atomic mass is 10.1. The third kappa shape index (κ3) is 4.73. The first-order chi connectivity index (χ1) is 16.9. The fourth-order valence-electron chi connectivity index (χ4n) is 3.93. The minimum atomic E-state index is -3.92. The number of sulfone groups is 1. The number of halogens is 1. The Morgan fingerprint density at radius 2 is 1.94 bits per heavy atom. The van der Waals surface area contributed by atoms with Crippen molar-refractivity contribution in [2.75, 3.05) is 17.3 Å². The first kappa shape index (κ1) is 22.9. The molecule has 0 saturated carbocycles. The number of carbonyl (C=O) groups is 1. The van der Waals surface area contributed by atoms with Crippen molar-refractivity contribution in [2.45, 2.75) is 35.3 Å². The second kappa shape index (κ2) is 9.43. The van der Waals surface area contributed by atoms with Crippen LogP contribution in [-0.2, 0) is 14.6 Å². The fraction of sp³-hybridized carbons (Fsp3) is 0.208. The van der Waals surface area contributed by atoms with E-state index in [1.165, 1.54) is 53.6 Å². The van der Waals surface area contributed by atoms with Crippen LogP contribution in [0.25, 0.3) is 10.9 Å². The number of fused-ring (bicyclic) bond motifs is 1. The van der Waals surface area contributed by atoms with E-state index in [0.717, 1.165) is 25.3 Å². The quantitative estimate of drug-likeness (QED) is 0.419. The van der Waals surface area contributed by atoms with E-state index in [-0.39, 0.29) is 16.0 Å². The zero-order chi connectivity index (χ0) is 24.4. The Bertz CT molecular complexity index is 1500. The second-order valence-corrected chi connectivity index (χ2v) is 10.0. The Hall–Kier alpha value is -3.83. The van der Waals surface area contributed by atoms with Crippen molar-refractivity contribution in [3.05, 3.63) is 78.5 Å². The Kier molecular flexibility index (Phi) is 6.18. The molecule has 0 spiro atoms. The van der Waals surface area contributed by atoms with Gasteiger partial charge >= 0.3 is 0 Å². The molecule has 3 heterocycles. The molecule has 0 aliphatic carbocycles. The third-order valence-electron chi connectivity index (χ3n) is 5.73. The molecule has 1 aliphatic rings. The van der Waals surface area contributed by atoms with Gasteiger partial charge in [-0.2, -0.15) is 9.89 Å². The molecule has 4 aromatic rings. The summed E-state index contributed by atoms with van der Waals surface area (Å²) in [6.45, 7) is 0.662. The molecule has 1 fully saturated rings. The average molecular weight is 496 g/mol. The molecule has 2 aromatic heterocycles. The van der Waals surface area contributed by atoms with Gasteiger partial charge in [0.05, 0.1) is 39.0 Å². The average Bonchev–Trinajstić information content (AvgIpc) is 3.27. The number of nitrogens with one attached hydrogen (secondary N) is 2. The zero-order valence-corrected chi connectivity index (χ0v) is 19.3. The lowest BCUT2D eigenvalue weighted by Crippen LogP contribution is -2.30. The Morgan fingerprint density at radius 3 is 2.74 bits per heavy atom. The number of nitrogens with zero attached hydrogens (tertiary/aromatic N) is 3. The number of amides is 1. The Morgan fingerprint density at radius 1 is 1.09 bits per heavy atom. The maximum atomic E-state index is 13.6. The van der Waals surface area contributed by atoms with E-state index >= 15 is 0 Å². The van der Waals surface area contributed by atoms with E-state index in [1.807, 2.05) is 0 Å². The summed E-state index contributed by atoms with van der Waals surface area (Å²) in [4.78, 5) is 18.3. The van der Waals surface area contributed by atoms with Crippen molar-refractivity contribution in [3.8, 4) is 0 Å². The van der Waals surface area contributed by atoms with Crippen LogP contribution in [0.4, 0.5) is 10.1 Å². The number of rotatable bonds is 6. The molecule has 180 valence electrons. The van der Waals surface area contributed by atoms with Gasteiger partial charge in [-0.15, -0.1) is 0 Å². The summed E-state index contributed by atoms with van der Waals surface area (Å²) >= 11 is 0. The van der Waals surface area contributed by atoms with Crippen LogP contribution in [-0.4, -0.2) is 42.0 Å². The largest absolute Gasteiger partial charge is 0.359 e. The maximum Gasteiger partial charge on any atom is 0.273 e. The second-order valence-electron chi connectivity index (χ2n) is 8.10. The van der Waals surface area contributed by atoms with Gasteiger partial charge in [-0.05, 0) is 61.7 Å². The molecule has 2 aromatic carbocycles. The first-order valence-electron chi connectivity index (χ1n) is 11.0. The zero-order valence-electron chi connectivity index (χ0n) is 18.5. The van der Waals surface area contributed by atoms with Crippen molar-refractivity contribution in [2.24, 2.45) is 0 Å². The highest BCUT2D eigenvalue weighted by molar-refractivity contribution is 7.91. The van der Waals surface area contributed by atoms with Crippen LogP contribution in [0, 0.1) is 5.82 Å². The van der Waals surface area contributed by atoms with Crippen LogP contribution < -0.4 is 10.7 Å². The number of hydrogen-bond acceptors (Lipinski definition) is 7. The molecule has 11 heteroatoms. The van der Waals surface area contributed by atoms with Gasteiger partial charge in [-0.25, -0.2) is 18.2 Å². The number of anilines is 1. The fourth-order valence-corrected chi connectivity index (χ4v) is 5.26. The minimum Gasteiger partial charge on any atom is -0.359 e. The smallest absolute Gasteiger partial charge is 0.273 e. The number of aromatic nitrogens is 3. The van der Waals surface area contributed by atoms with E-state index in [4.69, 9.17) is 4.74 Å². The molecule has 5 rings (SSSR count). The van der Waals surface area contributed by atoms with Gasteiger partial charge in [0.2, 0.25) is 9.84 Å². The highest BCUT2D eigenvalue weighted by Crippen LogP contribution is 2.25. The Labute approximate surface area is 200 Å². The van der Waals surface area contributed by atoms with Crippen LogP contribution in [0.5, 0.6) is 0 Å². The molecule has 1 unspecified atom stereocenters. The summed E-state index contributed by atoms with van der Waals surface area (Å²) in [7, 11) is -3.92. The molecule has 1 atom stereocenters. The minimum absolute atomic E-state index is 0.00502. The number of benzene rings is 2. The van der Waals surface area contributed by atoms with Crippen molar-refractivity contribution >= 4 is 32.3 Å². The summed E-state index contributed by atoms with van der Waals surface area (Å²) in [5, 5.41) is 7.90. The van der Waals surface area contributed by atoms with E-state index in [2.05, 4.69) is 20.8 Å². The molecule has 9 nitrogen and oxygen atoms in total. The first-order valence-corrected chi connectivity index (χ1v) is 12.5. The summed E-state index contributed by atoms with van der Waals surface area (Å²) < 4.78 is 45.1. The molecule has 2 N–H and O–H groups in total. The molecule has 0 radical (unpaired) electrons. The van der Waals surface area contributed by atoms with Gasteiger partial charge in [0.1, 0.15) is 12.0 Å². The van der Waals surface area contributed by atoms with Crippen molar-refractivity contribution < 1.29 is 22.3 Å². The van der Waals surface area contributed by atoms with Crippen LogP contribution in [0.15, 0.2) is 76.9 Å². The van der Waals surface area contributed by atoms with E-state index in [1.54, 1.807) is 12.3 Å². The van der Waals surface area contributed by atoms with E-state index in [9.17, 15) is 17.6 Å². The molecular formula is C24H22FN5O4S. The molecular weight excluding hydrogens is 473 g/mol. The normalized spacial score (nSPS) is 16.2. The highest BCUT2D eigenvalue weighted by Gasteiger charge is 2.21. The SMILES string of the molecule is O=C(Nn1ncc2cc(S(=O)(=O)c3cccc(F)c3)ccc21)c1ccncc1NC1CCCCO1. The summed E-state index contributed by atoms with van der Waals surface area (Å²) in [6.07, 6.45) is 7.22. The molecule has 1 amide bonds. The number of ether oxygens (including phenoxy) is 1. The lowest BCUT2D eigenvalue weighted by Gasteiger charge is -2.25. The molecule has 0 bridgehead atoms. The van der Waals surface area contributed by atoms with E-state index in [0.29, 0.717) is 28.8 Å². The van der Waals surface area contributed by atoms with Gasteiger partial charge in [0.15, 0.2) is 0 Å². The predicted octanol–water partition coefficient (Wildman–Crippen LogP) is 3.73. The summed E-state index contributed by atoms with van der Waals surface area (Å²) in [5.74, 6) is -1.06. The van der Waals surface area contributed by atoms with Crippen molar-refractivity contribution in [1.29, 1.82) is 0 Å². The molecule has 35 heavy (non-hydrogen) atoms. The topological polar surface area (TPSA) is 115 Å². The van der Waals surface area contributed by atoms with Gasteiger partial charge in [-0.1, -0.05) is 6.07 Å². The highest BCUT2D eigenvalue weighted by atomic mass is 32.2. The third-order valence-corrected chi connectivity index (χ3v) is 7.47. The van der Waals surface area contributed by atoms with Gasteiger partial charge < -0.3 is 10.1 Å². The number of pyridine rings is 1. The van der Waals surface area contributed by atoms with Crippen LogP contribution in [0.1, 0.15) is 29.6 Å². The van der Waals surface area contributed by atoms with Gasteiger partial charge in [0.25, 0.3) is 5.91 Å². The van der Waals surface area contributed by atoms with Crippen molar-refractivity contribution in [1.82, 2.24) is 14.9 Å². The predicted molar refractivity (Wildman–Crippen MR) is 127 cm³/mol.